The number of piperidine rings is 1. The van der Waals surface area contributed by atoms with Gasteiger partial charge in [0.05, 0.1) is 47.2 Å². The molecule has 2 saturated heterocycles. The summed E-state index contributed by atoms with van der Waals surface area (Å²) in [5.74, 6) is -0.106. The van der Waals surface area contributed by atoms with E-state index in [0.29, 0.717) is 40.7 Å². The number of benzene rings is 2. The number of phenols is 1. The van der Waals surface area contributed by atoms with Crippen molar-refractivity contribution in [3.05, 3.63) is 40.8 Å². The van der Waals surface area contributed by atoms with E-state index in [2.05, 4.69) is 58.3 Å². The molecule has 17 heteroatoms. The molecule has 0 unspecified atom stereocenters. The Bertz CT molecular complexity index is 1740. The van der Waals surface area contributed by atoms with Crippen molar-refractivity contribution in [2.75, 3.05) is 99.3 Å². The van der Waals surface area contributed by atoms with Gasteiger partial charge in [0.2, 0.25) is 16.0 Å². The summed E-state index contributed by atoms with van der Waals surface area (Å²) in [4.78, 5) is 16.3. The van der Waals surface area contributed by atoms with E-state index in [1.807, 2.05) is 12.1 Å². The molecule has 2 aromatic carbocycles. The number of rotatable bonds is 14. The number of aliphatic hydroxyl groups excluding tert-OH is 1. The van der Waals surface area contributed by atoms with Gasteiger partial charge in [-0.15, -0.1) is 0 Å². The molecular formula is C33H46BrFN8O6S. The largest absolute Gasteiger partial charge is 0.505 e. The molecule has 0 saturated carbocycles. The van der Waals surface area contributed by atoms with Crippen LogP contribution in [0.25, 0.3) is 0 Å². The summed E-state index contributed by atoms with van der Waals surface area (Å²) < 4.78 is 53.0. The van der Waals surface area contributed by atoms with Crippen molar-refractivity contribution in [2.24, 2.45) is 0 Å². The van der Waals surface area contributed by atoms with Crippen molar-refractivity contribution in [1.29, 1.82) is 0 Å². The number of nitrogens with one attached hydrogen (secondary N) is 2. The average molecular weight is 782 g/mol. The van der Waals surface area contributed by atoms with Crippen LogP contribution in [0.1, 0.15) is 26.2 Å². The molecule has 0 bridgehead atoms. The highest BCUT2D eigenvalue weighted by molar-refractivity contribution is 9.10. The Labute approximate surface area is 301 Å². The molecule has 3 aromatic rings. The molecule has 3 heterocycles. The molecule has 274 valence electrons. The van der Waals surface area contributed by atoms with Crippen molar-refractivity contribution >= 4 is 60.5 Å². The van der Waals surface area contributed by atoms with E-state index in [-0.39, 0.29) is 36.3 Å². The van der Waals surface area contributed by atoms with Gasteiger partial charge in [0.1, 0.15) is 17.3 Å². The number of likely N-dealkylation sites (N-methyl/N-ethyl adjacent to an activating group) is 1. The van der Waals surface area contributed by atoms with Gasteiger partial charge in [-0.05, 0) is 42.7 Å². The minimum absolute atomic E-state index is 0.00235. The molecule has 0 aliphatic carbocycles. The number of aliphatic hydroxyl groups is 1. The van der Waals surface area contributed by atoms with Crippen molar-refractivity contribution in [3.8, 4) is 17.2 Å². The Hall–Kier alpha value is -3.64. The number of anilines is 6. The number of nitrogens with zero attached hydrogens (tertiary/aromatic N) is 6. The predicted molar refractivity (Wildman–Crippen MR) is 197 cm³/mol. The first-order valence-corrected chi connectivity index (χ1v) is 19.3. The average Bonchev–Trinajstić information content (AvgIpc) is 3.08. The highest BCUT2D eigenvalue weighted by atomic mass is 79.9. The van der Waals surface area contributed by atoms with Crippen LogP contribution in [0.4, 0.5) is 38.9 Å². The van der Waals surface area contributed by atoms with E-state index >= 15 is 0 Å². The Morgan fingerprint density at radius 2 is 1.78 bits per heavy atom. The van der Waals surface area contributed by atoms with Crippen molar-refractivity contribution < 1.29 is 32.5 Å². The zero-order valence-corrected chi connectivity index (χ0v) is 31.2. The molecule has 0 radical (unpaired) electrons. The van der Waals surface area contributed by atoms with E-state index in [1.165, 1.54) is 6.20 Å². The van der Waals surface area contributed by atoms with E-state index in [9.17, 15) is 23.0 Å². The van der Waals surface area contributed by atoms with E-state index < -0.39 is 21.6 Å². The van der Waals surface area contributed by atoms with Crippen molar-refractivity contribution in [2.45, 2.75) is 32.2 Å². The van der Waals surface area contributed by atoms with Gasteiger partial charge in [0.15, 0.2) is 11.6 Å². The molecule has 5 rings (SSSR count). The first-order chi connectivity index (χ1) is 23.9. The summed E-state index contributed by atoms with van der Waals surface area (Å²) in [6.07, 6.45) is 5.07. The fourth-order valence-electron chi connectivity index (χ4n) is 6.29. The quantitative estimate of drug-likeness (QED) is 0.136. The normalized spacial score (nSPS) is 16.3. The van der Waals surface area contributed by atoms with E-state index in [0.717, 1.165) is 80.5 Å². The minimum atomic E-state index is -3.76. The summed E-state index contributed by atoms with van der Waals surface area (Å²) >= 11 is 3.42. The maximum atomic E-state index is 14.5. The van der Waals surface area contributed by atoms with E-state index in [1.54, 1.807) is 14.0 Å². The lowest BCUT2D eigenvalue weighted by Gasteiger charge is -2.42. The first kappa shape index (κ1) is 37.6. The second-order valence-electron chi connectivity index (χ2n) is 12.4. The Morgan fingerprint density at radius 1 is 1.06 bits per heavy atom. The van der Waals surface area contributed by atoms with Gasteiger partial charge in [-0.1, -0.05) is 0 Å². The third-order valence-electron chi connectivity index (χ3n) is 8.97. The number of ether oxygens (including phenoxy) is 2. The number of aromatic nitrogens is 2. The molecule has 0 amide bonds. The second kappa shape index (κ2) is 16.6. The molecule has 14 nitrogen and oxygen atoms in total. The highest BCUT2D eigenvalue weighted by Crippen LogP contribution is 2.42. The number of halogens is 2. The van der Waals surface area contributed by atoms with Crippen LogP contribution in [0.2, 0.25) is 0 Å². The fourth-order valence-corrected chi connectivity index (χ4v) is 7.56. The summed E-state index contributed by atoms with van der Waals surface area (Å²) in [5.41, 5.74) is 1.54. The third-order valence-corrected chi connectivity index (χ3v) is 10.8. The lowest BCUT2D eigenvalue weighted by Crippen LogP contribution is -2.52. The maximum Gasteiger partial charge on any atom is 0.232 e. The van der Waals surface area contributed by atoms with Gasteiger partial charge in [-0.25, -0.2) is 17.8 Å². The predicted octanol–water partition coefficient (Wildman–Crippen LogP) is 4.34. The fraction of sp³-hybridized carbons (Fsp3) is 0.515. The molecule has 2 fully saturated rings. The molecule has 1 aromatic heterocycles. The standard InChI is InChI=1S/C33H46BrFN8O6S/c1-5-43(50(4,46)47)27-19-29(45)24(35)17-25(27)37-32-23(34)21-36-33(39-32)38-26-18-31(49-16-6-15-44)28(20-30(26)48-3)42-9-7-22(8-10-42)41-13-11-40(2)12-14-41/h17-22,44-45H,5-16H2,1-4H3,(H2,36,37,38,39). The van der Waals surface area contributed by atoms with Gasteiger partial charge in [-0.3, -0.25) is 9.21 Å². The second-order valence-corrected chi connectivity index (χ2v) is 15.2. The minimum Gasteiger partial charge on any atom is -0.505 e. The van der Waals surface area contributed by atoms with Gasteiger partial charge in [0, 0.05) is 95.3 Å². The van der Waals surface area contributed by atoms with Crippen molar-refractivity contribution in [1.82, 2.24) is 19.8 Å². The first-order valence-electron chi connectivity index (χ1n) is 16.6. The molecule has 0 spiro atoms. The van der Waals surface area contributed by atoms with Gasteiger partial charge in [0.25, 0.3) is 0 Å². The molecule has 0 atom stereocenters. The molecule has 50 heavy (non-hydrogen) atoms. The van der Waals surface area contributed by atoms with Crippen LogP contribution in [0.3, 0.4) is 0 Å². The number of phenolic OH excluding ortho intramolecular Hbond substituents is 1. The molecule has 4 N–H and O–H groups in total. The van der Waals surface area contributed by atoms with Crippen LogP contribution < -0.4 is 29.3 Å². The monoisotopic (exact) mass is 780 g/mol. The molecule has 2 aliphatic rings. The lowest BCUT2D eigenvalue weighted by molar-refractivity contribution is 0.0981. The zero-order chi connectivity index (χ0) is 36.0. The maximum absolute atomic E-state index is 14.5. The van der Waals surface area contributed by atoms with Crippen LogP contribution >= 0.6 is 15.9 Å². The number of hydrogen-bond acceptors (Lipinski definition) is 13. The SMILES string of the molecule is CCN(c1cc(O)c(F)cc1Nc1nc(Nc2cc(OCCCO)c(N3CCC(N4CCN(C)CC4)CC3)cc2OC)ncc1Br)S(C)(=O)=O. The Balaban J connectivity index is 1.41. The Kier molecular flexibility index (Phi) is 12.5. The molecular weight excluding hydrogens is 735 g/mol. The van der Waals surface area contributed by atoms with Gasteiger partial charge in [-0.2, -0.15) is 4.98 Å². The van der Waals surface area contributed by atoms with Crippen LogP contribution in [0.15, 0.2) is 34.9 Å². The van der Waals surface area contributed by atoms with Crippen LogP contribution in [-0.4, -0.2) is 124 Å². The summed E-state index contributed by atoms with van der Waals surface area (Å²) in [6, 6.07) is 6.36. The summed E-state index contributed by atoms with van der Waals surface area (Å²) in [6.45, 7) is 8.08. The lowest BCUT2D eigenvalue weighted by atomic mass is 10.0. The van der Waals surface area contributed by atoms with Crippen LogP contribution in [0, 0.1) is 5.82 Å². The number of piperazine rings is 1. The highest BCUT2D eigenvalue weighted by Gasteiger charge is 2.29. The Morgan fingerprint density at radius 3 is 2.42 bits per heavy atom. The zero-order valence-electron chi connectivity index (χ0n) is 28.8. The summed E-state index contributed by atoms with van der Waals surface area (Å²) in [5, 5.41) is 25.7. The summed E-state index contributed by atoms with van der Waals surface area (Å²) in [7, 11) is -0.0116. The number of aromatic hydroxyl groups is 1. The van der Waals surface area contributed by atoms with Crippen molar-refractivity contribution in [3.63, 3.8) is 0 Å². The smallest absolute Gasteiger partial charge is 0.232 e. The van der Waals surface area contributed by atoms with Crippen LogP contribution in [-0.2, 0) is 10.0 Å². The van der Waals surface area contributed by atoms with Gasteiger partial charge < -0.3 is 40.1 Å². The number of hydrogen-bond donors (Lipinski definition) is 4. The van der Waals surface area contributed by atoms with Crippen LogP contribution in [0.5, 0.6) is 17.2 Å². The topological polar surface area (TPSA) is 156 Å². The number of sulfonamides is 1. The third kappa shape index (κ3) is 8.98. The molecule has 2 aliphatic heterocycles. The van der Waals surface area contributed by atoms with Gasteiger partial charge >= 0.3 is 0 Å². The number of methoxy groups -OCH3 is 1. The van der Waals surface area contributed by atoms with E-state index in [4.69, 9.17) is 9.47 Å².